The predicted molar refractivity (Wildman–Crippen MR) is 52.9 cm³/mol. The zero-order chi connectivity index (χ0) is 9.73. The molecule has 0 aliphatic carbocycles. The molecule has 2 atom stereocenters. The van der Waals surface area contributed by atoms with Crippen LogP contribution in [0.15, 0.2) is 0 Å². The molecule has 0 spiro atoms. The molecule has 0 aromatic rings. The fourth-order valence-electron chi connectivity index (χ4n) is 1.78. The molecule has 0 aromatic carbocycles. The van der Waals surface area contributed by atoms with Crippen LogP contribution in [0.5, 0.6) is 0 Å². The van der Waals surface area contributed by atoms with Gasteiger partial charge >= 0.3 is 0 Å². The number of morpholine rings is 1. The van der Waals surface area contributed by atoms with Crippen LogP contribution < -0.4 is 5.32 Å². The van der Waals surface area contributed by atoms with Crippen molar-refractivity contribution >= 4 is 0 Å². The van der Waals surface area contributed by atoms with Crippen LogP contribution >= 0.6 is 0 Å². The Bertz CT molecular complexity index is 148. The molecule has 0 aromatic heterocycles. The number of ether oxygens (including phenoxy) is 2. The molecule has 1 aliphatic heterocycles. The van der Waals surface area contributed by atoms with Crippen molar-refractivity contribution in [1.82, 2.24) is 5.32 Å². The maximum atomic E-state index is 6.03. The maximum Gasteiger partial charge on any atom is 0.104 e. The first-order valence-electron chi connectivity index (χ1n) is 5.14. The zero-order valence-electron chi connectivity index (χ0n) is 8.93. The summed E-state index contributed by atoms with van der Waals surface area (Å²) in [6, 6.07) is 0. The molecular formula is C10H21NO2. The third kappa shape index (κ3) is 2.66. The van der Waals surface area contributed by atoms with Gasteiger partial charge in [-0.2, -0.15) is 0 Å². The topological polar surface area (TPSA) is 30.5 Å². The molecule has 78 valence electrons. The Morgan fingerprint density at radius 2 is 2.31 bits per heavy atom. The van der Waals surface area contributed by atoms with Gasteiger partial charge in [-0.15, -0.1) is 0 Å². The smallest absolute Gasteiger partial charge is 0.104 e. The van der Waals surface area contributed by atoms with Crippen molar-refractivity contribution < 1.29 is 9.47 Å². The highest BCUT2D eigenvalue weighted by molar-refractivity contribution is 4.87. The average Bonchev–Trinajstić information content (AvgIpc) is 2.19. The Balaban J connectivity index is 2.53. The van der Waals surface area contributed by atoms with E-state index in [1.807, 2.05) is 0 Å². The quantitative estimate of drug-likeness (QED) is 0.717. The molecule has 2 unspecified atom stereocenters. The van der Waals surface area contributed by atoms with Crippen molar-refractivity contribution in [2.75, 3.05) is 26.8 Å². The van der Waals surface area contributed by atoms with E-state index >= 15 is 0 Å². The van der Waals surface area contributed by atoms with Crippen LogP contribution in [0.4, 0.5) is 0 Å². The highest BCUT2D eigenvalue weighted by Crippen LogP contribution is 2.22. The molecule has 1 aliphatic rings. The van der Waals surface area contributed by atoms with Crippen molar-refractivity contribution in [3.63, 3.8) is 0 Å². The molecular weight excluding hydrogens is 166 g/mol. The summed E-state index contributed by atoms with van der Waals surface area (Å²) >= 11 is 0. The van der Waals surface area contributed by atoms with Crippen molar-refractivity contribution in [3.8, 4) is 0 Å². The fraction of sp³-hybridized carbons (Fsp3) is 1.00. The summed E-state index contributed by atoms with van der Waals surface area (Å²) in [7, 11) is 1.73. The van der Waals surface area contributed by atoms with Crippen LogP contribution in [-0.4, -0.2) is 38.5 Å². The van der Waals surface area contributed by atoms with E-state index in [0.717, 1.165) is 25.9 Å². The van der Waals surface area contributed by atoms with Gasteiger partial charge in [-0.3, -0.25) is 0 Å². The van der Waals surface area contributed by atoms with Crippen LogP contribution in [0.25, 0.3) is 0 Å². The van der Waals surface area contributed by atoms with E-state index in [9.17, 15) is 0 Å². The van der Waals surface area contributed by atoms with Crippen molar-refractivity contribution in [2.24, 2.45) is 0 Å². The summed E-state index contributed by atoms with van der Waals surface area (Å²) in [6.07, 6.45) is 2.42. The van der Waals surface area contributed by atoms with Gasteiger partial charge in [-0.1, -0.05) is 13.8 Å². The van der Waals surface area contributed by atoms with Gasteiger partial charge in [0.2, 0.25) is 0 Å². The van der Waals surface area contributed by atoms with Crippen LogP contribution in [-0.2, 0) is 9.47 Å². The standard InChI is InChI=1S/C10H21NO2/c1-4-9-6-11-7-10(5-2,13-9)8-12-3/h9,11H,4-8H2,1-3H3. The Morgan fingerprint density at radius 3 is 2.85 bits per heavy atom. The molecule has 1 saturated heterocycles. The number of hydrogen-bond donors (Lipinski definition) is 1. The highest BCUT2D eigenvalue weighted by atomic mass is 16.5. The molecule has 0 radical (unpaired) electrons. The third-order valence-corrected chi connectivity index (χ3v) is 2.74. The van der Waals surface area contributed by atoms with Gasteiger partial charge < -0.3 is 14.8 Å². The minimum atomic E-state index is -0.0896. The number of nitrogens with one attached hydrogen (secondary N) is 1. The Hall–Kier alpha value is -0.120. The summed E-state index contributed by atoms with van der Waals surface area (Å²) in [5, 5.41) is 3.41. The molecule has 1 heterocycles. The summed E-state index contributed by atoms with van der Waals surface area (Å²) < 4.78 is 11.2. The predicted octanol–water partition coefficient (Wildman–Crippen LogP) is 1.18. The van der Waals surface area contributed by atoms with E-state index in [1.165, 1.54) is 0 Å². The largest absolute Gasteiger partial charge is 0.382 e. The Kier molecular flexibility index (Phi) is 4.16. The average molecular weight is 187 g/mol. The molecule has 0 amide bonds. The van der Waals surface area contributed by atoms with Crippen molar-refractivity contribution in [3.05, 3.63) is 0 Å². The van der Waals surface area contributed by atoms with Crippen LogP contribution in [0.3, 0.4) is 0 Å². The fourth-order valence-corrected chi connectivity index (χ4v) is 1.78. The Labute approximate surface area is 80.8 Å². The second-order valence-corrected chi connectivity index (χ2v) is 3.75. The van der Waals surface area contributed by atoms with E-state index in [-0.39, 0.29) is 5.60 Å². The van der Waals surface area contributed by atoms with Crippen LogP contribution in [0.1, 0.15) is 26.7 Å². The minimum absolute atomic E-state index is 0.0896. The first-order chi connectivity index (χ1) is 6.26. The van der Waals surface area contributed by atoms with Gasteiger partial charge in [0.05, 0.1) is 12.7 Å². The lowest BCUT2D eigenvalue weighted by atomic mass is 9.98. The van der Waals surface area contributed by atoms with E-state index < -0.39 is 0 Å². The molecule has 3 heteroatoms. The van der Waals surface area contributed by atoms with Gasteiger partial charge in [0.15, 0.2) is 0 Å². The summed E-state index contributed by atoms with van der Waals surface area (Å²) in [4.78, 5) is 0. The first kappa shape index (κ1) is 11.0. The lowest BCUT2D eigenvalue weighted by Crippen LogP contribution is -2.55. The van der Waals surface area contributed by atoms with Crippen LogP contribution in [0.2, 0.25) is 0 Å². The van der Waals surface area contributed by atoms with E-state index in [1.54, 1.807) is 7.11 Å². The lowest BCUT2D eigenvalue weighted by Gasteiger charge is -2.40. The number of methoxy groups -OCH3 is 1. The molecule has 3 nitrogen and oxygen atoms in total. The highest BCUT2D eigenvalue weighted by Gasteiger charge is 2.34. The lowest BCUT2D eigenvalue weighted by molar-refractivity contribution is -0.146. The first-order valence-corrected chi connectivity index (χ1v) is 5.14. The van der Waals surface area contributed by atoms with E-state index in [4.69, 9.17) is 9.47 Å². The second-order valence-electron chi connectivity index (χ2n) is 3.75. The van der Waals surface area contributed by atoms with Gasteiger partial charge in [-0.05, 0) is 12.8 Å². The number of rotatable bonds is 4. The van der Waals surface area contributed by atoms with Gasteiger partial charge in [0, 0.05) is 20.2 Å². The minimum Gasteiger partial charge on any atom is -0.382 e. The SMILES string of the molecule is CCC1CNCC(CC)(COC)O1. The summed E-state index contributed by atoms with van der Waals surface area (Å²) in [5.41, 5.74) is -0.0896. The maximum absolute atomic E-state index is 6.03. The number of hydrogen-bond acceptors (Lipinski definition) is 3. The molecule has 1 N–H and O–H groups in total. The summed E-state index contributed by atoms with van der Waals surface area (Å²) in [6.45, 7) is 6.88. The molecule has 1 rings (SSSR count). The second kappa shape index (κ2) is 4.94. The third-order valence-electron chi connectivity index (χ3n) is 2.74. The van der Waals surface area contributed by atoms with E-state index in [2.05, 4.69) is 19.2 Å². The van der Waals surface area contributed by atoms with Crippen molar-refractivity contribution in [1.29, 1.82) is 0 Å². The van der Waals surface area contributed by atoms with Gasteiger partial charge in [-0.25, -0.2) is 0 Å². The molecule has 1 fully saturated rings. The van der Waals surface area contributed by atoms with Gasteiger partial charge in [0.25, 0.3) is 0 Å². The molecule has 0 bridgehead atoms. The summed E-state index contributed by atoms with van der Waals surface area (Å²) in [5.74, 6) is 0. The van der Waals surface area contributed by atoms with Crippen molar-refractivity contribution in [2.45, 2.75) is 38.4 Å². The molecule has 13 heavy (non-hydrogen) atoms. The monoisotopic (exact) mass is 187 g/mol. The molecule has 0 saturated carbocycles. The Morgan fingerprint density at radius 1 is 1.54 bits per heavy atom. The van der Waals surface area contributed by atoms with E-state index in [0.29, 0.717) is 12.7 Å². The normalized spacial score (nSPS) is 34.8. The van der Waals surface area contributed by atoms with Crippen LogP contribution in [0, 0.1) is 0 Å². The van der Waals surface area contributed by atoms with Gasteiger partial charge in [0.1, 0.15) is 5.60 Å². The zero-order valence-corrected chi connectivity index (χ0v) is 8.93.